The summed E-state index contributed by atoms with van der Waals surface area (Å²) in [4.78, 5) is 26.6. The van der Waals surface area contributed by atoms with Crippen LogP contribution in [0.5, 0.6) is 11.5 Å². The molecule has 1 aromatic heterocycles. The average molecular weight is 428 g/mol. The molecule has 0 aliphatic rings. The maximum Gasteiger partial charge on any atom is 0.200 e. The molecule has 32 heavy (non-hydrogen) atoms. The van der Waals surface area contributed by atoms with Crippen LogP contribution < -0.4 is 14.9 Å². The van der Waals surface area contributed by atoms with Crippen LogP contribution in [0.2, 0.25) is 0 Å². The van der Waals surface area contributed by atoms with Gasteiger partial charge in [-0.15, -0.1) is 0 Å². The van der Waals surface area contributed by atoms with Gasteiger partial charge in [-0.2, -0.15) is 0 Å². The molecule has 162 valence electrons. The minimum absolute atomic E-state index is 0.137. The molecule has 0 aliphatic carbocycles. The van der Waals surface area contributed by atoms with E-state index in [0.717, 1.165) is 22.4 Å². The maximum atomic E-state index is 13.4. The molecule has 0 N–H and O–H groups in total. The van der Waals surface area contributed by atoms with Crippen molar-refractivity contribution in [3.05, 3.63) is 105 Å². The number of methoxy groups -OCH3 is 1. The summed E-state index contributed by atoms with van der Waals surface area (Å²) in [5, 5.41) is 0.455. The van der Waals surface area contributed by atoms with Crippen molar-refractivity contribution in [3.8, 4) is 11.5 Å². The van der Waals surface area contributed by atoms with E-state index in [0.29, 0.717) is 29.9 Å². The predicted octanol–water partition coefficient (Wildman–Crippen LogP) is 5.00. The molecule has 4 aromatic rings. The van der Waals surface area contributed by atoms with E-state index in [9.17, 15) is 9.59 Å². The third-order valence-corrected chi connectivity index (χ3v) is 5.41. The fraction of sp³-hybridized carbons (Fsp3) is 0.185. The minimum Gasteiger partial charge on any atom is -0.497 e. The number of carbonyl (C=O) groups excluding carboxylic acids is 1. The van der Waals surface area contributed by atoms with E-state index in [1.807, 2.05) is 66.9 Å². The number of aromatic nitrogens is 1. The van der Waals surface area contributed by atoms with E-state index in [4.69, 9.17) is 9.47 Å². The number of rotatable bonds is 7. The first-order valence-corrected chi connectivity index (χ1v) is 10.5. The van der Waals surface area contributed by atoms with Crippen molar-refractivity contribution < 1.29 is 14.3 Å². The summed E-state index contributed by atoms with van der Waals surface area (Å²) in [6.07, 6.45) is 1.66. The summed E-state index contributed by atoms with van der Waals surface area (Å²) in [6, 6.07) is 20.4. The molecule has 0 aliphatic heterocycles. The van der Waals surface area contributed by atoms with Gasteiger partial charge in [0.15, 0.2) is 5.78 Å². The summed E-state index contributed by atoms with van der Waals surface area (Å²) in [6.45, 7) is 4.82. The largest absolute Gasteiger partial charge is 0.497 e. The van der Waals surface area contributed by atoms with Gasteiger partial charge in [0, 0.05) is 18.3 Å². The number of hydrogen-bond acceptors (Lipinski definition) is 4. The smallest absolute Gasteiger partial charge is 0.200 e. The molecule has 5 nitrogen and oxygen atoms in total. The van der Waals surface area contributed by atoms with Gasteiger partial charge in [0.25, 0.3) is 0 Å². The second-order valence-corrected chi connectivity index (χ2v) is 7.66. The summed E-state index contributed by atoms with van der Waals surface area (Å²) in [7, 11) is 1.63. The lowest BCUT2D eigenvalue weighted by Crippen LogP contribution is -2.20. The molecule has 0 spiro atoms. The predicted molar refractivity (Wildman–Crippen MR) is 126 cm³/mol. The second kappa shape index (κ2) is 9.10. The molecule has 0 unspecified atom stereocenters. The molecule has 0 saturated heterocycles. The Bertz CT molecular complexity index is 1340. The van der Waals surface area contributed by atoms with Crippen molar-refractivity contribution in [2.24, 2.45) is 0 Å². The van der Waals surface area contributed by atoms with Crippen LogP contribution >= 0.6 is 0 Å². The molecule has 0 amide bonds. The van der Waals surface area contributed by atoms with Gasteiger partial charge in [-0.3, -0.25) is 9.59 Å². The Labute approximate surface area is 186 Å². The number of ketones is 1. The zero-order valence-electron chi connectivity index (χ0n) is 18.4. The zero-order chi connectivity index (χ0) is 22.7. The van der Waals surface area contributed by atoms with Crippen LogP contribution in [-0.4, -0.2) is 24.1 Å². The SMILES string of the molecule is CCOc1ccc2c(c1)c(=O)c(C(=O)c1ccc(C)cc1)cn2Cc1cccc(OC)c1. The van der Waals surface area contributed by atoms with Crippen molar-refractivity contribution in [1.82, 2.24) is 4.57 Å². The summed E-state index contributed by atoms with van der Waals surface area (Å²) < 4.78 is 12.9. The average Bonchev–Trinajstić information content (AvgIpc) is 2.81. The number of hydrogen-bond donors (Lipinski definition) is 0. The Balaban J connectivity index is 1.89. The lowest BCUT2D eigenvalue weighted by Gasteiger charge is -2.15. The monoisotopic (exact) mass is 427 g/mol. The van der Waals surface area contributed by atoms with Gasteiger partial charge < -0.3 is 14.0 Å². The highest BCUT2D eigenvalue weighted by molar-refractivity contribution is 6.10. The standard InChI is InChI=1S/C27H25NO4/c1-4-32-22-12-13-25-23(15-22)27(30)24(26(29)20-10-8-18(2)9-11-20)17-28(25)16-19-6-5-7-21(14-19)31-3/h5-15,17H,4,16H2,1-3H3. The van der Waals surface area contributed by atoms with Crippen molar-refractivity contribution in [3.63, 3.8) is 0 Å². The number of pyridine rings is 1. The Hall–Kier alpha value is -3.86. The van der Waals surface area contributed by atoms with Gasteiger partial charge in [-0.1, -0.05) is 42.0 Å². The van der Waals surface area contributed by atoms with Crippen LogP contribution in [0.15, 0.2) is 77.7 Å². The number of fused-ring (bicyclic) bond motifs is 1. The van der Waals surface area contributed by atoms with Gasteiger partial charge in [0.1, 0.15) is 11.5 Å². The quantitative estimate of drug-likeness (QED) is 0.390. The summed E-state index contributed by atoms with van der Waals surface area (Å²) in [5.74, 6) is 1.06. The van der Waals surface area contributed by atoms with E-state index in [2.05, 4.69) is 0 Å². The molecule has 3 aromatic carbocycles. The second-order valence-electron chi connectivity index (χ2n) is 7.66. The third-order valence-electron chi connectivity index (χ3n) is 5.41. The summed E-state index contributed by atoms with van der Waals surface area (Å²) in [5.41, 5.74) is 3.11. The Morgan fingerprint density at radius 3 is 2.47 bits per heavy atom. The Kier molecular flexibility index (Phi) is 6.08. The van der Waals surface area contributed by atoms with Gasteiger partial charge in [0.05, 0.1) is 30.2 Å². The first-order chi connectivity index (χ1) is 15.5. The van der Waals surface area contributed by atoms with Crippen LogP contribution in [0, 0.1) is 6.92 Å². The highest BCUT2D eigenvalue weighted by atomic mass is 16.5. The number of carbonyl (C=O) groups is 1. The minimum atomic E-state index is -0.297. The lowest BCUT2D eigenvalue weighted by molar-refractivity contribution is 0.103. The maximum absolute atomic E-state index is 13.4. The topological polar surface area (TPSA) is 57.5 Å². The highest BCUT2D eigenvalue weighted by Crippen LogP contribution is 2.22. The third kappa shape index (κ3) is 4.28. The molecule has 5 heteroatoms. The van der Waals surface area contributed by atoms with Crippen LogP contribution in [0.25, 0.3) is 10.9 Å². The fourth-order valence-corrected chi connectivity index (χ4v) is 3.75. The van der Waals surface area contributed by atoms with Gasteiger partial charge in [-0.25, -0.2) is 0 Å². The van der Waals surface area contributed by atoms with Gasteiger partial charge >= 0.3 is 0 Å². The molecular weight excluding hydrogens is 402 g/mol. The highest BCUT2D eigenvalue weighted by Gasteiger charge is 2.18. The normalized spacial score (nSPS) is 10.8. The van der Waals surface area contributed by atoms with Crippen LogP contribution in [0.3, 0.4) is 0 Å². The molecule has 4 rings (SSSR count). The van der Waals surface area contributed by atoms with Gasteiger partial charge in [-0.05, 0) is 49.7 Å². The van der Waals surface area contributed by atoms with E-state index in [1.54, 1.807) is 31.5 Å². The van der Waals surface area contributed by atoms with E-state index in [-0.39, 0.29) is 16.8 Å². The van der Waals surface area contributed by atoms with Crippen molar-refractivity contribution in [1.29, 1.82) is 0 Å². The first-order valence-electron chi connectivity index (χ1n) is 10.5. The summed E-state index contributed by atoms with van der Waals surface area (Å²) >= 11 is 0. The van der Waals surface area contributed by atoms with Crippen LogP contribution in [-0.2, 0) is 6.54 Å². The van der Waals surface area contributed by atoms with Gasteiger partial charge in [0.2, 0.25) is 5.43 Å². The van der Waals surface area contributed by atoms with E-state index < -0.39 is 0 Å². The van der Waals surface area contributed by atoms with Crippen LogP contribution in [0.1, 0.15) is 34.0 Å². The molecule has 0 saturated carbocycles. The zero-order valence-corrected chi connectivity index (χ0v) is 18.4. The number of aryl methyl sites for hydroxylation is 1. The lowest BCUT2D eigenvalue weighted by atomic mass is 10.0. The Morgan fingerprint density at radius 1 is 0.969 bits per heavy atom. The Morgan fingerprint density at radius 2 is 1.75 bits per heavy atom. The van der Waals surface area contributed by atoms with Crippen molar-refractivity contribution >= 4 is 16.7 Å². The molecule has 0 fully saturated rings. The van der Waals surface area contributed by atoms with E-state index in [1.165, 1.54) is 0 Å². The molecule has 0 radical (unpaired) electrons. The number of nitrogens with zero attached hydrogens (tertiary/aromatic N) is 1. The van der Waals surface area contributed by atoms with Crippen LogP contribution in [0.4, 0.5) is 0 Å². The molecular formula is C27H25NO4. The fourth-order valence-electron chi connectivity index (χ4n) is 3.75. The number of ether oxygens (including phenoxy) is 2. The number of benzene rings is 3. The van der Waals surface area contributed by atoms with Crippen molar-refractivity contribution in [2.45, 2.75) is 20.4 Å². The first kappa shape index (κ1) is 21.4. The molecule has 0 bridgehead atoms. The molecule has 0 atom stereocenters. The molecule has 1 heterocycles. The van der Waals surface area contributed by atoms with E-state index >= 15 is 0 Å². The van der Waals surface area contributed by atoms with Crippen molar-refractivity contribution in [2.75, 3.05) is 13.7 Å².